The smallest absolute Gasteiger partial charge is 0.306 e. The van der Waals surface area contributed by atoms with Gasteiger partial charge in [-0.05, 0) is 55.8 Å². The lowest BCUT2D eigenvalue weighted by molar-refractivity contribution is -0.142. The Hall–Kier alpha value is -2.73. The van der Waals surface area contributed by atoms with Crippen molar-refractivity contribution in [1.82, 2.24) is 19.7 Å². The number of hydrogen-bond acceptors (Lipinski definition) is 5. The summed E-state index contributed by atoms with van der Waals surface area (Å²) in [5, 5.41) is 6.09. The number of pyridine rings is 1. The summed E-state index contributed by atoms with van der Waals surface area (Å²) in [6, 6.07) is 12.7. The van der Waals surface area contributed by atoms with Crippen LogP contribution in [0.15, 0.2) is 42.6 Å². The van der Waals surface area contributed by atoms with E-state index in [0.29, 0.717) is 6.42 Å². The first-order valence-corrected chi connectivity index (χ1v) is 11.3. The Balaban J connectivity index is 1.23. The van der Waals surface area contributed by atoms with E-state index in [2.05, 4.69) is 38.8 Å². The number of para-hydroxylation sites is 1. The lowest BCUT2D eigenvalue weighted by Gasteiger charge is -2.26. The topological polar surface area (TPSA) is 60.2 Å². The molecule has 6 rings (SSSR count). The van der Waals surface area contributed by atoms with E-state index in [1.54, 1.807) is 0 Å². The monoisotopic (exact) mass is 416 g/mol. The van der Waals surface area contributed by atoms with E-state index >= 15 is 0 Å². The molecule has 0 amide bonds. The summed E-state index contributed by atoms with van der Waals surface area (Å²) in [5.41, 5.74) is 4.84. The first kappa shape index (κ1) is 19.0. The highest BCUT2D eigenvalue weighted by Crippen LogP contribution is 2.52. The summed E-state index contributed by atoms with van der Waals surface area (Å²) >= 11 is 0. The molecule has 1 unspecified atom stereocenters. The maximum absolute atomic E-state index is 11.8. The molecule has 6 nitrogen and oxygen atoms in total. The molecule has 1 saturated carbocycles. The predicted octanol–water partition coefficient (Wildman–Crippen LogP) is 3.79. The standard InChI is InChI=1S/C25H28N4O2/c1-31-23(30)14-24(6-7-24)16-28-10-8-25(17-28)9-11-29-22(25)13-21(27-29)19-12-18-4-2-3-5-20(18)26-15-19/h2-5,12-13,15H,6-11,14,16-17H2,1H3. The highest BCUT2D eigenvalue weighted by molar-refractivity contribution is 5.82. The summed E-state index contributed by atoms with van der Waals surface area (Å²) < 4.78 is 7.15. The molecule has 31 heavy (non-hydrogen) atoms. The highest BCUT2D eigenvalue weighted by Gasteiger charge is 2.50. The third-order valence-corrected chi connectivity index (χ3v) is 7.71. The number of esters is 1. The lowest BCUT2D eigenvalue weighted by atomic mass is 9.82. The van der Waals surface area contributed by atoms with Gasteiger partial charge in [0.25, 0.3) is 0 Å². The molecular formula is C25H28N4O2. The minimum absolute atomic E-state index is 0.0704. The van der Waals surface area contributed by atoms with Gasteiger partial charge >= 0.3 is 5.97 Å². The van der Waals surface area contributed by atoms with Gasteiger partial charge in [-0.1, -0.05) is 18.2 Å². The first-order valence-electron chi connectivity index (χ1n) is 11.3. The summed E-state index contributed by atoms with van der Waals surface area (Å²) in [4.78, 5) is 19.0. The number of aryl methyl sites for hydroxylation is 1. The van der Waals surface area contributed by atoms with Crippen LogP contribution in [0.5, 0.6) is 0 Å². The van der Waals surface area contributed by atoms with Crippen LogP contribution in [0, 0.1) is 5.41 Å². The number of carbonyl (C=O) groups excluding carboxylic acids is 1. The van der Waals surface area contributed by atoms with Gasteiger partial charge in [0.2, 0.25) is 0 Å². The second kappa shape index (κ2) is 6.89. The highest BCUT2D eigenvalue weighted by atomic mass is 16.5. The van der Waals surface area contributed by atoms with Gasteiger partial charge in [-0.25, -0.2) is 0 Å². The Bertz CT molecular complexity index is 1170. The molecule has 0 radical (unpaired) electrons. The van der Waals surface area contributed by atoms with Crippen molar-refractivity contribution in [1.29, 1.82) is 0 Å². The molecule has 1 aliphatic carbocycles. The van der Waals surface area contributed by atoms with Crippen LogP contribution in [-0.4, -0.2) is 52.4 Å². The van der Waals surface area contributed by atoms with Crippen molar-refractivity contribution in [2.45, 2.75) is 44.1 Å². The van der Waals surface area contributed by atoms with Crippen LogP contribution in [0.1, 0.15) is 37.8 Å². The van der Waals surface area contributed by atoms with E-state index in [9.17, 15) is 4.79 Å². The molecule has 4 heterocycles. The second-order valence-corrected chi connectivity index (χ2v) is 9.80. The van der Waals surface area contributed by atoms with Crippen LogP contribution in [0.4, 0.5) is 0 Å². The molecule has 1 spiro atoms. The predicted molar refractivity (Wildman–Crippen MR) is 119 cm³/mol. The minimum Gasteiger partial charge on any atom is -0.469 e. The Kier molecular flexibility index (Phi) is 4.22. The molecule has 2 aromatic heterocycles. The third kappa shape index (κ3) is 3.24. The molecule has 1 saturated heterocycles. The van der Waals surface area contributed by atoms with Crippen molar-refractivity contribution < 1.29 is 9.53 Å². The number of benzene rings is 1. The number of rotatable bonds is 5. The number of carbonyl (C=O) groups is 1. The molecule has 160 valence electrons. The number of ether oxygens (including phenoxy) is 1. The maximum atomic E-state index is 11.8. The number of aromatic nitrogens is 3. The molecule has 2 fully saturated rings. The molecule has 1 atom stereocenters. The number of likely N-dealkylation sites (tertiary alicyclic amines) is 1. The fourth-order valence-corrected chi connectivity index (χ4v) is 5.74. The molecule has 0 bridgehead atoms. The van der Waals surface area contributed by atoms with E-state index in [1.165, 1.54) is 19.2 Å². The molecule has 3 aromatic rings. The van der Waals surface area contributed by atoms with Crippen molar-refractivity contribution in [2.24, 2.45) is 5.41 Å². The first-order chi connectivity index (χ1) is 15.1. The van der Waals surface area contributed by atoms with Crippen LogP contribution >= 0.6 is 0 Å². The van der Waals surface area contributed by atoms with Crippen LogP contribution < -0.4 is 0 Å². The molecule has 0 N–H and O–H groups in total. The van der Waals surface area contributed by atoms with E-state index in [4.69, 9.17) is 9.84 Å². The maximum Gasteiger partial charge on any atom is 0.306 e. The van der Waals surface area contributed by atoms with Crippen molar-refractivity contribution in [3.63, 3.8) is 0 Å². The van der Waals surface area contributed by atoms with Gasteiger partial charge in [0.05, 0.1) is 24.7 Å². The van der Waals surface area contributed by atoms with E-state index in [1.807, 2.05) is 18.3 Å². The largest absolute Gasteiger partial charge is 0.469 e. The number of fused-ring (bicyclic) bond motifs is 3. The average molecular weight is 417 g/mol. The second-order valence-electron chi connectivity index (χ2n) is 9.80. The van der Waals surface area contributed by atoms with E-state index in [0.717, 1.165) is 67.6 Å². The summed E-state index contributed by atoms with van der Waals surface area (Å²) in [6.45, 7) is 4.16. The summed E-state index contributed by atoms with van der Waals surface area (Å²) in [5.74, 6) is -0.0704. The Labute approximate surface area is 182 Å². The van der Waals surface area contributed by atoms with Crippen molar-refractivity contribution in [3.05, 3.63) is 48.3 Å². The number of nitrogens with zero attached hydrogens (tertiary/aromatic N) is 4. The van der Waals surface area contributed by atoms with Gasteiger partial charge in [0, 0.05) is 47.9 Å². The molecular weight excluding hydrogens is 388 g/mol. The SMILES string of the molecule is COC(=O)CC1(CN2CCC3(CCn4nc(-c5cnc6ccccc6c5)cc43)C2)CC1. The fourth-order valence-electron chi connectivity index (χ4n) is 5.74. The summed E-state index contributed by atoms with van der Waals surface area (Å²) in [6.07, 6.45) is 7.11. The lowest BCUT2D eigenvalue weighted by Crippen LogP contribution is -2.33. The third-order valence-electron chi connectivity index (χ3n) is 7.71. The van der Waals surface area contributed by atoms with Gasteiger partial charge in [-0.15, -0.1) is 0 Å². The zero-order valence-electron chi connectivity index (χ0n) is 18.0. The molecule has 6 heteroatoms. The number of methoxy groups -OCH3 is 1. The van der Waals surface area contributed by atoms with Crippen molar-refractivity contribution >= 4 is 16.9 Å². The fraction of sp³-hybridized carbons (Fsp3) is 0.480. The van der Waals surface area contributed by atoms with Crippen LogP contribution in [0.2, 0.25) is 0 Å². The van der Waals surface area contributed by atoms with Gasteiger partial charge < -0.3 is 9.64 Å². The Morgan fingerprint density at radius 3 is 2.81 bits per heavy atom. The quantitative estimate of drug-likeness (QED) is 0.592. The van der Waals surface area contributed by atoms with Gasteiger partial charge in [0.1, 0.15) is 0 Å². The summed E-state index contributed by atoms with van der Waals surface area (Å²) in [7, 11) is 1.49. The van der Waals surface area contributed by atoms with Crippen LogP contribution in [0.25, 0.3) is 22.2 Å². The molecule has 1 aromatic carbocycles. The zero-order valence-corrected chi connectivity index (χ0v) is 18.0. The van der Waals surface area contributed by atoms with Crippen LogP contribution in [0.3, 0.4) is 0 Å². The zero-order chi connectivity index (χ0) is 21.1. The Morgan fingerprint density at radius 1 is 1.13 bits per heavy atom. The molecule has 2 aliphatic heterocycles. The minimum atomic E-state index is -0.0704. The molecule has 3 aliphatic rings. The van der Waals surface area contributed by atoms with Gasteiger partial charge in [0.15, 0.2) is 0 Å². The van der Waals surface area contributed by atoms with Crippen molar-refractivity contribution in [2.75, 3.05) is 26.7 Å². The van der Waals surface area contributed by atoms with Gasteiger partial charge in [-0.3, -0.25) is 14.5 Å². The Morgan fingerprint density at radius 2 is 1.97 bits per heavy atom. The normalized spacial score (nSPS) is 24.0. The number of hydrogen-bond donors (Lipinski definition) is 0. The van der Waals surface area contributed by atoms with E-state index < -0.39 is 0 Å². The van der Waals surface area contributed by atoms with Crippen molar-refractivity contribution in [3.8, 4) is 11.3 Å². The van der Waals surface area contributed by atoms with E-state index in [-0.39, 0.29) is 16.8 Å². The van der Waals surface area contributed by atoms with Crippen LogP contribution in [-0.2, 0) is 21.5 Å². The average Bonchev–Trinajstić information content (AvgIpc) is 3.13. The van der Waals surface area contributed by atoms with Gasteiger partial charge in [-0.2, -0.15) is 5.10 Å².